The van der Waals surface area contributed by atoms with E-state index in [1.54, 1.807) is 22.3 Å². The van der Waals surface area contributed by atoms with Crippen molar-refractivity contribution in [3.63, 3.8) is 0 Å². The summed E-state index contributed by atoms with van der Waals surface area (Å²) in [5, 5.41) is 0. The first-order chi connectivity index (χ1) is 12.7. The van der Waals surface area contributed by atoms with Gasteiger partial charge in [-0.2, -0.15) is 0 Å². The quantitative estimate of drug-likeness (QED) is 0.470. The Labute approximate surface area is 167 Å². The monoisotopic (exact) mass is 364 g/mol. The first-order valence-electron chi connectivity index (χ1n) is 11.4. The number of fused-ring (bicyclic) bond motifs is 3. The van der Waals surface area contributed by atoms with E-state index in [1.165, 1.54) is 30.4 Å². The summed E-state index contributed by atoms with van der Waals surface area (Å²) in [5.74, 6) is 6.52. The van der Waals surface area contributed by atoms with Gasteiger partial charge in [0.25, 0.3) is 0 Å². The highest BCUT2D eigenvalue weighted by Gasteiger charge is 2.53. The molecular weight excluding hydrogens is 324 g/mol. The lowest BCUT2D eigenvalue weighted by atomic mass is 9.69. The van der Waals surface area contributed by atoms with Crippen molar-refractivity contribution in [1.29, 1.82) is 0 Å². The van der Waals surface area contributed by atoms with Gasteiger partial charge >= 0.3 is 0 Å². The Morgan fingerprint density at radius 3 is 1.48 bits per heavy atom. The smallest absolute Gasteiger partial charge is 0.00900 e. The molecule has 0 N–H and O–H groups in total. The topological polar surface area (TPSA) is 0 Å². The van der Waals surface area contributed by atoms with E-state index in [0.717, 1.165) is 35.5 Å². The van der Waals surface area contributed by atoms with Gasteiger partial charge in [-0.3, -0.25) is 0 Å². The summed E-state index contributed by atoms with van der Waals surface area (Å²) in [4.78, 5) is 0. The molecule has 0 radical (unpaired) electrons. The maximum Gasteiger partial charge on any atom is -0.00900 e. The van der Waals surface area contributed by atoms with Crippen LogP contribution in [0.4, 0.5) is 0 Å². The van der Waals surface area contributed by atoms with E-state index in [-0.39, 0.29) is 0 Å². The van der Waals surface area contributed by atoms with Crippen LogP contribution in [0.1, 0.15) is 74.7 Å². The zero-order valence-corrected chi connectivity index (χ0v) is 18.9. The van der Waals surface area contributed by atoms with Crippen molar-refractivity contribution in [2.24, 2.45) is 47.3 Å². The Bertz CT molecular complexity index is 693. The SMILES string of the molecule is CC1=C[C@@H]2C(C(C)=C1C)C(CC1C(C)CCC1C)C1C(C)=C(C)C(C)=C[C@@H]12. The number of hydrogen-bond acceptors (Lipinski definition) is 0. The summed E-state index contributed by atoms with van der Waals surface area (Å²) in [6, 6.07) is 0. The van der Waals surface area contributed by atoms with E-state index in [4.69, 9.17) is 0 Å². The fraction of sp³-hybridized carbons (Fsp3) is 0.704. The third-order valence-corrected chi connectivity index (χ3v) is 9.53. The predicted molar refractivity (Wildman–Crippen MR) is 117 cm³/mol. The lowest BCUT2D eigenvalue weighted by molar-refractivity contribution is 0.215. The molecule has 4 aliphatic rings. The Balaban J connectivity index is 1.78. The average molecular weight is 365 g/mol. The van der Waals surface area contributed by atoms with Crippen LogP contribution in [-0.4, -0.2) is 0 Å². The minimum absolute atomic E-state index is 0.716. The molecule has 0 aromatic carbocycles. The van der Waals surface area contributed by atoms with E-state index >= 15 is 0 Å². The highest BCUT2D eigenvalue weighted by atomic mass is 14.6. The molecule has 2 fully saturated rings. The highest BCUT2D eigenvalue weighted by molar-refractivity contribution is 5.46. The summed E-state index contributed by atoms with van der Waals surface area (Å²) in [5.41, 5.74) is 9.62. The maximum atomic E-state index is 2.66. The lowest BCUT2D eigenvalue weighted by Crippen LogP contribution is -2.27. The summed E-state index contributed by atoms with van der Waals surface area (Å²) in [6.07, 6.45) is 9.65. The van der Waals surface area contributed by atoms with Gasteiger partial charge in [0.2, 0.25) is 0 Å². The van der Waals surface area contributed by atoms with Crippen LogP contribution in [0.2, 0.25) is 0 Å². The molecule has 0 heteroatoms. The molecule has 7 atom stereocenters. The third kappa shape index (κ3) is 2.85. The number of hydrogen-bond donors (Lipinski definition) is 0. The molecule has 0 aromatic rings. The molecule has 0 spiro atoms. The number of rotatable bonds is 2. The Hall–Kier alpha value is -1.04. The number of allylic oxidation sites excluding steroid dienone is 8. The molecule has 0 heterocycles. The van der Waals surface area contributed by atoms with Crippen molar-refractivity contribution in [3.8, 4) is 0 Å². The largest absolute Gasteiger partial charge is 0.0770 e. The lowest BCUT2D eigenvalue weighted by Gasteiger charge is -2.35. The van der Waals surface area contributed by atoms with Crippen molar-refractivity contribution < 1.29 is 0 Å². The molecule has 5 unspecified atom stereocenters. The molecule has 0 aliphatic heterocycles. The molecule has 2 saturated carbocycles. The summed E-state index contributed by atoms with van der Waals surface area (Å²) in [7, 11) is 0. The second kappa shape index (κ2) is 6.78. The van der Waals surface area contributed by atoms with Crippen LogP contribution < -0.4 is 0 Å². The maximum absolute atomic E-state index is 2.66. The zero-order valence-electron chi connectivity index (χ0n) is 18.9. The average Bonchev–Trinajstić information content (AvgIpc) is 3.10. The van der Waals surface area contributed by atoms with Gasteiger partial charge < -0.3 is 0 Å². The summed E-state index contributed by atoms with van der Waals surface area (Å²) in [6.45, 7) is 19.4. The molecule has 148 valence electrons. The van der Waals surface area contributed by atoms with E-state index < -0.39 is 0 Å². The Morgan fingerprint density at radius 1 is 0.667 bits per heavy atom. The zero-order chi connectivity index (χ0) is 19.6. The van der Waals surface area contributed by atoms with Gasteiger partial charge in [-0.15, -0.1) is 0 Å². The van der Waals surface area contributed by atoms with Gasteiger partial charge in [0, 0.05) is 0 Å². The van der Waals surface area contributed by atoms with Gasteiger partial charge in [-0.05, 0) is 106 Å². The molecule has 4 rings (SSSR count). The molecule has 27 heavy (non-hydrogen) atoms. The molecular formula is C27H40. The summed E-state index contributed by atoms with van der Waals surface area (Å²) < 4.78 is 0. The van der Waals surface area contributed by atoms with Crippen LogP contribution in [0.25, 0.3) is 0 Å². The molecule has 4 aliphatic carbocycles. The standard InChI is InChI=1S/C27H40/c1-14-9-10-15(2)22(14)13-25-26-20(7)18(5)16(3)11-23(26)24-12-17(4)19(6)21(8)27(24)25/h11-12,14-15,22-27H,9-10,13H2,1-8H3/t14?,15?,22?,23-,24+,25?,26?,27?. The van der Waals surface area contributed by atoms with Crippen molar-refractivity contribution in [2.75, 3.05) is 0 Å². The van der Waals surface area contributed by atoms with E-state index in [2.05, 4.69) is 67.5 Å². The first kappa shape index (κ1) is 19.3. The third-order valence-electron chi connectivity index (χ3n) is 9.53. The molecule has 0 nitrogen and oxygen atoms in total. The molecule has 0 saturated heterocycles. The second-order valence-electron chi connectivity index (χ2n) is 10.6. The van der Waals surface area contributed by atoms with Gasteiger partial charge in [0.1, 0.15) is 0 Å². The fourth-order valence-electron chi connectivity index (χ4n) is 7.46. The van der Waals surface area contributed by atoms with E-state index in [9.17, 15) is 0 Å². The first-order valence-corrected chi connectivity index (χ1v) is 11.4. The Morgan fingerprint density at radius 2 is 1.07 bits per heavy atom. The van der Waals surface area contributed by atoms with Crippen LogP contribution in [0, 0.1) is 47.3 Å². The van der Waals surface area contributed by atoms with Crippen molar-refractivity contribution >= 4 is 0 Å². The predicted octanol–water partition coefficient (Wildman–Crippen LogP) is 7.75. The van der Waals surface area contributed by atoms with Crippen LogP contribution >= 0.6 is 0 Å². The van der Waals surface area contributed by atoms with Gasteiger partial charge in [-0.25, -0.2) is 0 Å². The van der Waals surface area contributed by atoms with Crippen molar-refractivity contribution in [3.05, 3.63) is 45.6 Å². The molecule has 0 aromatic heterocycles. The van der Waals surface area contributed by atoms with E-state index in [1.807, 2.05) is 0 Å². The highest BCUT2D eigenvalue weighted by Crippen LogP contribution is 2.60. The van der Waals surface area contributed by atoms with Gasteiger partial charge in [-0.1, -0.05) is 61.1 Å². The van der Waals surface area contributed by atoms with Gasteiger partial charge in [0.15, 0.2) is 0 Å². The minimum atomic E-state index is 0.716. The Kier molecular flexibility index (Phi) is 4.84. The summed E-state index contributed by atoms with van der Waals surface area (Å²) >= 11 is 0. The fourth-order valence-corrected chi connectivity index (χ4v) is 7.46. The molecule has 0 amide bonds. The van der Waals surface area contributed by atoms with Crippen LogP contribution in [-0.2, 0) is 0 Å². The van der Waals surface area contributed by atoms with Crippen LogP contribution in [0.3, 0.4) is 0 Å². The second-order valence-corrected chi connectivity index (χ2v) is 10.6. The van der Waals surface area contributed by atoms with Crippen LogP contribution in [0.15, 0.2) is 45.6 Å². The van der Waals surface area contributed by atoms with Gasteiger partial charge in [0.05, 0.1) is 0 Å². The van der Waals surface area contributed by atoms with E-state index in [0.29, 0.717) is 11.8 Å². The molecule has 0 bridgehead atoms. The van der Waals surface area contributed by atoms with Crippen LogP contribution in [0.5, 0.6) is 0 Å². The minimum Gasteiger partial charge on any atom is -0.0770 e. The normalized spacial score (nSPS) is 44.3. The van der Waals surface area contributed by atoms with Crippen molar-refractivity contribution in [1.82, 2.24) is 0 Å². The van der Waals surface area contributed by atoms with Crippen molar-refractivity contribution in [2.45, 2.75) is 74.7 Å².